The number of hydrogen-bond acceptors (Lipinski definition) is 3. The average molecular weight is 275 g/mol. The molecule has 3 rings (SSSR count). The summed E-state index contributed by atoms with van der Waals surface area (Å²) in [5, 5.41) is 0. The molecule has 0 amide bonds. The highest BCUT2D eigenvalue weighted by Crippen LogP contribution is 2.43. The lowest BCUT2D eigenvalue weighted by Gasteiger charge is -2.24. The topological polar surface area (TPSA) is 44.5 Å². The van der Waals surface area contributed by atoms with Crippen LogP contribution in [0.15, 0.2) is 12.1 Å². The van der Waals surface area contributed by atoms with E-state index in [1.165, 1.54) is 37.7 Å². The van der Waals surface area contributed by atoms with Crippen LogP contribution in [0.25, 0.3) is 0 Å². The molecule has 2 N–H and O–H groups in total. The highest BCUT2D eigenvalue weighted by atomic mass is 16.6. The van der Waals surface area contributed by atoms with Crippen LogP contribution in [0.5, 0.6) is 5.75 Å². The Morgan fingerprint density at radius 1 is 1.25 bits per heavy atom. The van der Waals surface area contributed by atoms with Crippen LogP contribution >= 0.6 is 0 Å². The van der Waals surface area contributed by atoms with Gasteiger partial charge in [-0.05, 0) is 56.7 Å². The van der Waals surface area contributed by atoms with Crippen molar-refractivity contribution in [1.82, 2.24) is 0 Å². The number of rotatable bonds is 3. The molecular weight excluding hydrogens is 250 g/mol. The van der Waals surface area contributed by atoms with E-state index < -0.39 is 0 Å². The van der Waals surface area contributed by atoms with Crippen molar-refractivity contribution >= 4 is 5.69 Å². The van der Waals surface area contributed by atoms with Gasteiger partial charge in [-0.1, -0.05) is 18.9 Å². The Morgan fingerprint density at radius 2 is 2.00 bits per heavy atom. The molecule has 1 spiro atoms. The quantitative estimate of drug-likeness (QED) is 0.854. The van der Waals surface area contributed by atoms with Crippen LogP contribution in [0.3, 0.4) is 0 Å². The minimum absolute atomic E-state index is 0.182. The fourth-order valence-electron chi connectivity index (χ4n) is 3.76. The van der Waals surface area contributed by atoms with Gasteiger partial charge in [0, 0.05) is 0 Å². The standard InChI is InChI=1S/C17H25NO2/c1-12-9-13(2)16(15(18)10-12)19-11-14-5-8-17(20-14)6-3-4-7-17/h9-10,14H,3-8,11,18H2,1-2H3. The largest absolute Gasteiger partial charge is 0.488 e. The number of benzene rings is 1. The van der Waals surface area contributed by atoms with Gasteiger partial charge in [0.2, 0.25) is 0 Å². The Hall–Kier alpha value is -1.22. The molecule has 1 aliphatic heterocycles. The highest BCUT2D eigenvalue weighted by Gasteiger charge is 2.42. The summed E-state index contributed by atoms with van der Waals surface area (Å²) < 4.78 is 12.2. The summed E-state index contributed by atoms with van der Waals surface area (Å²) >= 11 is 0. The second-order valence-corrected chi connectivity index (χ2v) is 6.48. The van der Waals surface area contributed by atoms with Gasteiger partial charge < -0.3 is 15.2 Å². The Labute approximate surface area is 121 Å². The van der Waals surface area contributed by atoms with Crippen LogP contribution in [0.1, 0.15) is 49.7 Å². The van der Waals surface area contributed by atoms with Crippen molar-refractivity contribution in [3.8, 4) is 5.75 Å². The molecule has 1 unspecified atom stereocenters. The maximum absolute atomic E-state index is 6.27. The molecule has 3 heteroatoms. The van der Waals surface area contributed by atoms with E-state index in [-0.39, 0.29) is 11.7 Å². The molecule has 0 bridgehead atoms. The Balaban J connectivity index is 1.61. The number of hydrogen-bond donors (Lipinski definition) is 1. The maximum Gasteiger partial charge on any atom is 0.145 e. The van der Waals surface area contributed by atoms with E-state index in [4.69, 9.17) is 15.2 Å². The van der Waals surface area contributed by atoms with Gasteiger partial charge in [-0.25, -0.2) is 0 Å². The van der Waals surface area contributed by atoms with Gasteiger partial charge in [0.25, 0.3) is 0 Å². The third-order valence-electron chi connectivity index (χ3n) is 4.71. The van der Waals surface area contributed by atoms with Crippen LogP contribution in [-0.4, -0.2) is 18.3 Å². The molecule has 1 atom stereocenters. The first-order chi connectivity index (χ1) is 9.58. The first kappa shape index (κ1) is 13.7. The Morgan fingerprint density at radius 3 is 2.70 bits per heavy atom. The molecule has 20 heavy (non-hydrogen) atoms. The molecule has 1 heterocycles. The Bertz CT molecular complexity index is 469. The predicted octanol–water partition coefficient (Wildman–Crippen LogP) is 3.76. The number of nitrogen functional groups attached to an aromatic ring is 1. The van der Waals surface area contributed by atoms with Crippen molar-refractivity contribution in [1.29, 1.82) is 0 Å². The van der Waals surface area contributed by atoms with Crippen LogP contribution < -0.4 is 10.5 Å². The van der Waals surface area contributed by atoms with Gasteiger partial charge in [0.05, 0.1) is 17.4 Å². The molecule has 1 aliphatic carbocycles. The van der Waals surface area contributed by atoms with E-state index in [9.17, 15) is 0 Å². The second kappa shape index (κ2) is 5.28. The van der Waals surface area contributed by atoms with Crippen molar-refractivity contribution in [3.05, 3.63) is 23.3 Å². The molecule has 3 nitrogen and oxygen atoms in total. The first-order valence-corrected chi connectivity index (χ1v) is 7.75. The van der Waals surface area contributed by atoms with E-state index in [0.717, 1.165) is 23.4 Å². The smallest absolute Gasteiger partial charge is 0.145 e. The van der Waals surface area contributed by atoms with Crippen molar-refractivity contribution < 1.29 is 9.47 Å². The van der Waals surface area contributed by atoms with Gasteiger partial charge in [-0.2, -0.15) is 0 Å². The van der Waals surface area contributed by atoms with Crippen molar-refractivity contribution in [2.24, 2.45) is 0 Å². The predicted molar refractivity (Wildman–Crippen MR) is 81.1 cm³/mol. The lowest BCUT2D eigenvalue weighted by Crippen LogP contribution is -2.27. The normalized spacial score (nSPS) is 24.4. The van der Waals surface area contributed by atoms with E-state index >= 15 is 0 Å². The van der Waals surface area contributed by atoms with E-state index in [2.05, 4.69) is 13.0 Å². The fourth-order valence-corrected chi connectivity index (χ4v) is 3.76. The summed E-state index contributed by atoms with van der Waals surface area (Å²) in [4.78, 5) is 0. The zero-order valence-electron chi connectivity index (χ0n) is 12.6. The van der Waals surface area contributed by atoms with Gasteiger partial charge in [0.1, 0.15) is 12.4 Å². The van der Waals surface area contributed by atoms with E-state index in [0.29, 0.717) is 6.61 Å². The van der Waals surface area contributed by atoms with Gasteiger partial charge in [-0.3, -0.25) is 0 Å². The van der Waals surface area contributed by atoms with Crippen LogP contribution in [0.2, 0.25) is 0 Å². The third kappa shape index (κ3) is 2.64. The summed E-state index contributed by atoms with van der Waals surface area (Å²) in [5.74, 6) is 0.826. The third-order valence-corrected chi connectivity index (χ3v) is 4.71. The molecule has 110 valence electrons. The summed E-state index contributed by atoms with van der Waals surface area (Å²) in [6.07, 6.45) is 7.64. The van der Waals surface area contributed by atoms with Gasteiger partial charge >= 0.3 is 0 Å². The van der Waals surface area contributed by atoms with Gasteiger partial charge in [-0.15, -0.1) is 0 Å². The lowest BCUT2D eigenvalue weighted by atomic mass is 9.98. The summed E-state index contributed by atoms with van der Waals surface area (Å²) in [5.41, 5.74) is 9.25. The van der Waals surface area contributed by atoms with Crippen LogP contribution in [0, 0.1) is 13.8 Å². The first-order valence-electron chi connectivity index (χ1n) is 7.75. The average Bonchev–Trinajstić information content (AvgIpc) is 2.99. The zero-order valence-corrected chi connectivity index (χ0v) is 12.6. The summed E-state index contributed by atoms with van der Waals surface area (Å²) in [6.45, 7) is 4.72. The number of ether oxygens (including phenoxy) is 2. The molecule has 0 radical (unpaired) electrons. The van der Waals surface area contributed by atoms with Crippen molar-refractivity contribution in [2.75, 3.05) is 12.3 Å². The monoisotopic (exact) mass is 275 g/mol. The van der Waals surface area contributed by atoms with Crippen LogP contribution in [-0.2, 0) is 4.74 Å². The highest BCUT2D eigenvalue weighted by molar-refractivity contribution is 5.58. The van der Waals surface area contributed by atoms with Crippen molar-refractivity contribution in [2.45, 2.75) is 64.1 Å². The molecule has 2 fully saturated rings. The second-order valence-electron chi connectivity index (χ2n) is 6.48. The van der Waals surface area contributed by atoms with Gasteiger partial charge in [0.15, 0.2) is 0 Å². The summed E-state index contributed by atoms with van der Waals surface area (Å²) in [7, 11) is 0. The van der Waals surface area contributed by atoms with Crippen molar-refractivity contribution in [3.63, 3.8) is 0 Å². The fraction of sp³-hybridized carbons (Fsp3) is 0.647. The zero-order chi connectivity index (χ0) is 14.2. The number of anilines is 1. The number of nitrogens with two attached hydrogens (primary N) is 1. The van der Waals surface area contributed by atoms with E-state index in [1.807, 2.05) is 13.0 Å². The molecule has 0 aromatic heterocycles. The molecule has 1 aromatic carbocycles. The number of aryl methyl sites for hydroxylation is 2. The molecule has 1 aromatic rings. The molecule has 2 aliphatic rings. The lowest BCUT2D eigenvalue weighted by molar-refractivity contribution is -0.0508. The van der Waals surface area contributed by atoms with Crippen LogP contribution in [0.4, 0.5) is 5.69 Å². The molecule has 1 saturated carbocycles. The van der Waals surface area contributed by atoms with E-state index in [1.54, 1.807) is 0 Å². The Kier molecular flexibility index (Phi) is 3.63. The minimum atomic E-state index is 0.182. The SMILES string of the molecule is Cc1cc(C)c(OCC2CCC3(CCCC3)O2)c(N)c1. The maximum atomic E-state index is 6.27. The molecule has 1 saturated heterocycles. The summed E-state index contributed by atoms with van der Waals surface area (Å²) in [6, 6.07) is 4.08. The minimum Gasteiger partial charge on any atom is -0.488 e. The molecular formula is C17H25NO2.